The zero-order valence-corrected chi connectivity index (χ0v) is 12.6. The van der Waals surface area contributed by atoms with E-state index < -0.39 is 0 Å². The third kappa shape index (κ3) is 2.01. The Morgan fingerprint density at radius 3 is 1.85 bits per heavy atom. The van der Waals surface area contributed by atoms with Crippen LogP contribution >= 0.6 is 0 Å². The Balaban J connectivity index is 1.55. The number of nitrogens with zero attached hydrogens (tertiary/aromatic N) is 1. The summed E-state index contributed by atoms with van der Waals surface area (Å²) in [5.41, 5.74) is -0.150. The molecule has 4 bridgehead atoms. The first-order chi connectivity index (χ1) is 9.80. The van der Waals surface area contributed by atoms with Crippen molar-refractivity contribution in [2.45, 2.75) is 82.2 Å². The standard InChI is InChI=1S/C18H28N2/c19-12-18(20-17-5-3-1-2-4-6-17)15-8-13-7-14(10-15)11-16(18)9-13/h13-17,20H,1-11H2. The molecular weight excluding hydrogens is 244 g/mol. The molecule has 5 aliphatic carbocycles. The average Bonchev–Trinajstić information content (AvgIpc) is 2.71. The third-order valence-corrected chi connectivity index (χ3v) is 6.91. The molecule has 0 spiro atoms. The molecule has 5 aliphatic rings. The summed E-state index contributed by atoms with van der Waals surface area (Å²) in [7, 11) is 0. The van der Waals surface area contributed by atoms with Crippen LogP contribution in [0.4, 0.5) is 0 Å². The molecule has 0 aromatic carbocycles. The maximum atomic E-state index is 10.0. The first-order valence-corrected chi connectivity index (χ1v) is 8.99. The SMILES string of the molecule is N#CC1(NC2CCCCCC2)C2CC3CC(C2)CC1C3. The average molecular weight is 272 g/mol. The Hall–Kier alpha value is -0.550. The highest BCUT2D eigenvalue weighted by Gasteiger charge is 2.58. The maximum absolute atomic E-state index is 10.0. The van der Waals surface area contributed by atoms with Gasteiger partial charge in [-0.3, -0.25) is 5.32 Å². The normalized spacial score (nSPS) is 48.0. The first-order valence-electron chi connectivity index (χ1n) is 8.99. The second kappa shape index (κ2) is 5.02. The van der Waals surface area contributed by atoms with Crippen molar-refractivity contribution >= 4 is 0 Å². The van der Waals surface area contributed by atoms with Gasteiger partial charge in [0.1, 0.15) is 5.54 Å². The topological polar surface area (TPSA) is 35.8 Å². The number of hydrogen-bond acceptors (Lipinski definition) is 2. The lowest BCUT2D eigenvalue weighted by molar-refractivity contribution is -0.0517. The Kier molecular flexibility index (Phi) is 3.30. The van der Waals surface area contributed by atoms with Crippen molar-refractivity contribution in [3.63, 3.8) is 0 Å². The lowest BCUT2D eigenvalue weighted by Crippen LogP contribution is -2.66. The molecular formula is C18H28N2. The van der Waals surface area contributed by atoms with Gasteiger partial charge in [-0.15, -0.1) is 0 Å². The van der Waals surface area contributed by atoms with Gasteiger partial charge in [-0.25, -0.2) is 0 Å². The zero-order valence-electron chi connectivity index (χ0n) is 12.6. The van der Waals surface area contributed by atoms with Crippen LogP contribution in [-0.4, -0.2) is 11.6 Å². The van der Waals surface area contributed by atoms with Crippen LogP contribution in [0.5, 0.6) is 0 Å². The van der Waals surface area contributed by atoms with Gasteiger partial charge in [0, 0.05) is 6.04 Å². The summed E-state index contributed by atoms with van der Waals surface area (Å²) >= 11 is 0. The van der Waals surface area contributed by atoms with Gasteiger partial charge < -0.3 is 0 Å². The molecule has 2 heteroatoms. The van der Waals surface area contributed by atoms with Gasteiger partial charge in [0.05, 0.1) is 6.07 Å². The van der Waals surface area contributed by atoms with Crippen LogP contribution in [0.25, 0.3) is 0 Å². The van der Waals surface area contributed by atoms with E-state index in [2.05, 4.69) is 11.4 Å². The largest absolute Gasteiger partial charge is 0.296 e. The molecule has 0 aromatic rings. The van der Waals surface area contributed by atoms with Crippen molar-refractivity contribution in [1.82, 2.24) is 5.32 Å². The van der Waals surface area contributed by atoms with Gasteiger partial charge >= 0.3 is 0 Å². The van der Waals surface area contributed by atoms with Crippen molar-refractivity contribution in [1.29, 1.82) is 5.26 Å². The molecule has 1 N–H and O–H groups in total. The highest BCUT2D eigenvalue weighted by molar-refractivity contribution is 5.22. The van der Waals surface area contributed by atoms with E-state index in [1.165, 1.54) is 70.6 Å². The summed E-state index contributed by atoms with van der Waals surface area (Å²) in [5, 5.41) is 14.0. The third-order valence-electron chi connectivity index (χ3n) is 6.91. The Morgan fingerprint density at radius 2 is 1.35 bits per heavy atom. The molecule has 0 aromatic heterocycles. The molecule has 0 aliphatic heterocycles. The minimum atomic E-state index is -0.150. The predicted octanol–water partition coefficient (Wildman–Crippen LogP) is 4.02. The van der Waals surface area contributed by atoms with Crippen LogP contribution in [-0.2, 0) is 0 Å². The molecule has 0 amide bonds. The van der Waals surface area contributed by atoms with Gasteiger partial charge in [-0.05, 0) is 68.6 Å². The highest BCUT2D eigenvalue weighted by Crippen LogP contribution is 2.58. The van der Waals surface area contributed by atoms with E-state index in [0.717, 1.165) is 11.8 Å². The van der Waals surface area contributed by atoms with Crippen molar-refractivity contribution in [2.24, 2.45) is 23.7 Å². The van der Waals surface area contributed by atoms with E-state index in [9.17, 15) is 5.26 Å². The second-order valence-electron chi connectivity index (χ2n) is 8.12. The van der Waals surface area contributed by atoms with Gasteiger partial charge in [-0.1, -0.05) is 25.7 Å². The van der Waals surface area contributed by atoms with Crippen LogP contribution < -0.4 is 5.32 Å². The van der Waals surface area contributed by atoms with Crippen molar-refractivity contribution in [3.8, 4) is 6.07 Å². The van der Waals surface area contributed by atoms with E-state index in [0.29, 0.717) is 17.9 Å². The van der Waals surface area contributed by atoms with Crippen molar-refractivity contribution in [3.05, 3.63) is 0 Å². The van der Waals surface area contributed by atoms with Crippen molar-refractivity contribution in [2.75, 3.05) is 0 Å². The van der Waals surface area contributed by atoms with Gasteiger partial charge in [0.25, 0.3) is 0 Å². The number of nitriles is 1. The van der Waals surface area contributed by atoms with Crippen LogP contribution in [0.3, 0.4) is 0 Å². The molecule has 5 rings (SSSR count). The lowest BCUT2D eigenvalue weighted by atomic mass is 9.49. The molecule has 0 atom stereocenters. The fourth-order valence-electron chi connectivity index (χ4n) is 6.14. The maximum Gasteiger partial charge on any atom is 0.112 e. The monoisotopic (exact) mass is 272 g/mol. The van der Waals surface area contributed by atoms with Crippen molar-refractivity contribution < 1.29 is 0 Å². The summed E-state index contributed by atoms with van der Waals surface area (Å²) in [6, 6.07) is 3.44. The van der Waals surface area contributed by atoms with E-state index in [1.54, 1.807) is 0 Å². The van der Waals surface area contributed by atoms with Gasteiger partial charge in [0.2, 0.25) is 0 Å². The molecule has 2 nitrogen and oxygen atoms in total. The fourth-order valence-corrected chi connectivity index (χ4v) is 6.14. The summed E-state index contributed by atoms with van der Waals surface area (Å²) in [5.74, 6) is 3.23. The van der Waals surface area contributed by atoms with Crippen LogP contribution in [0.15, 0.2) is 0 Å². The number of rotatable bonds is 2. The summed E-state index contributed by atoms with van der Waals surface area (Å²) < 4.78 is 0. The van der Waals surface area contributed by atoms with Crippen LogP contribution in [0.2, 0.25) is 0 Å². The van der Waals surface area contributed by atoms with Gasteiger partial charge in [-0.2, -0.15) is 5.26 Å². The molecule has 5 fully saturated rings. The smallest absolute Gasteiger partial charge is 0.112 e. The molecule has 110 valence electrons. The Labute approximate surface area is 123 Å². The minimum absolute atomic E-state index is 0.150. The van der Waals surface area contributed by atoms with E-state index >= 15 is 0 Å². The predicted molar refractivity (Wildman–Crippen MR) is 80.0 cm³/mol. The van der Waals surface area contributed by atoms with Gasteiger partial charge in [0.15, 0.2) is 0 Å². The number of hydrogen-bond donors (Lipinski definition) is 1. The second-order valence-corrected chi connectivity index (χ2v) is 8.12. The molecule has 0 saturated heterocycles. The quantitative estimate of drug-likeness (QED) is 0.771. The highest BCUT2D eigenvalue weighted by atomic mass is 15.0. The molecule has 0 heterocycles. The zero-order chi connectivity index (χ0) is 13.6. The number of nitrogens with one attached hydrogen (secondary N) is 1. The molecule has 5 saturated carbocycles. The summed E-state index contributed by atoms with van der Waals surface area (Å²) in [6.07, 6.45) is 14.9. The Bertz CT molecular complexity index is 372. The van der Waals surface area contributed by atoms with Crippen LogP contribution in [0, 0.1) is 35.0 Å². The van der Waals surface area contributed by atoms with E-state index in [-0.39, 0.29) is 5.54 Å². The first kappa shape index (κ1) is 13.1. The lowest BCUT2D eigenvalue weighted by Gasteiger charge is -2.59. The van der Waals surface area contributed by atoms with E-state index in [1.807, 2.05) is 0 Å². The van der Waals surface area contributed by atoms with Crippen LogP contribution in [0.1, 0.15) is 70.6 Å². The molecule has 0 unspecified atom stereocenters. The summed E-state index contributed by atoms with van der Waals surface area (Å²) in [6.45, 7) is 0. The fraction of sp³-hybridized carbons (Fsp3) is 0.944. The summed E-state index contributed by atoms with van der Waals surface area (Å²) in [4.78, 5) is 0. The molecule has 20 heavy (non-hydrogen) atoms. The van der Waals surface area contributed by atoms with E-state index in [4.69, 9.17) is 0 Å². The Morgan fingerprint density at radius 1 is 0.800 bits per heavy atom. The minimum Gasteiger partial charge on any atom is -0.296 e. The molecule has 0 radical (unpaired) electrons.